The average molecular weight is 541 g/mol. The molecule has 1 amide bonds. The van der Waals surface area contributed by atoms with Crippen LogP contribution in [0.15, 0.2) is 66.2 Å². The standard InChI is InChI=1S/C24H21ClN6O5S/c1-16(32)31-21-3-2-20(25)12-18(21)13-22(31)37(34,35)30-10-8-29(9-11-30)24(33)36-23-27-14-19(15-28-23)17-4-6-26-7-5-17/h2-7,12-15H,8-11H2,1H3. The highest BCUT2D eigenvalue weighted by molar-refractivity contribution is 7.89. The molecule has 0 radical (unpaired) electrons. The molecule has 0 bridgehead atoms. The van der Waals surface area contributed by atoms with Crippen molar-refractivity contribution in [2.75, 3.05) is 26.2 Å². The van der Waals surface area contributed by atoms with E-state index in [1.807, 2.05) is 12.1 Å². The fourth-order valence-electron chi connectivity index (χ4n) is 4.12. The van der Waals surface area contributed by atoms with Crippen LogP contribution in [0.4, 0.5) is 4.79 Å². The molecule has 1 aromatic carbocycles. The highest BCUT2D eigenvalue weighted by atomic mass is 35.5. The number of aromatic nitrogens is 4. The normalized spacial score (nSPS) is 14.6. The van der Waals surface area contributed by atoms with Crippen molar-refractivity contribution in [1.82, 2.24) is 28.7 Å². The summed E-state index contributed by atoms with van der Waals surface area (Å²) < 4.78 is 34.6. The lowest BCUT2D eigenvalue weighted by molar-refractivity contribution is 0.0931. The van der Waals surface area contributed by atoms with Crippen LogP contribution < -0.4 is 4.74 Å². The molecule has 13 heteroatoms. The number of sulfonamides is 1. The fourth-order valence-corrected chi connectivity index (χ4v) is 5.95. The van der Waals surface area contributed by atoms with Gasteiger partial charge in [0.1, 0.15) is 0 Å². The van der Waals surface area contributed by atoms with Crippen LogP contribution in [0, 0.1) is 0 Å². The van der Waals surface area contributed by atoms with Crippen molar-refractivity contribution in [2.45, 2.75) is 11.9 Å². The summed E-state index contributed by atoms with van der Waals surface area (Å²) >= 11 is 6.05. The zero-order valence-corrected chi connectivity index (χ0v) is 21.2. The SMILES string of the molecule is CC(=O)n1c(S(=O)(=O)N2CCN(C(=O)Oc3ncc(-c4ccncc4)cn3)CC2)cc2cc(Cl)ccc21. The molecule has 1 saturated heterocycles. The molecule has 4 heterocycles. The van der Waals surface area contributed by atoms with E-state index in [0.717, 1.165) is 15.7 Å². The first-order valence-corrected chi connectivity index (χ1v) is 13.1. The Morgan fingerprint density at radius 1 is 0.946 bits per heavy atom. The van der Waals surface area contributed by atoms with Crippen molar-refractivity contribution in [1.29, 1.82) is 0 Å². The second-order valence-electron chi connectivity index (χ2n) is 8.29. The van der Waals surface area contributed by atoms with E-state index < -0.39 is 22.0 Å². The maximum absolute atomic E-state index is 13.4. The van der Waals surface area contributed by atoms with E-state index >= 15 is 0 Å². The molecule has 1 aliphatic rings. The van der Waals surface area contributed by atoms with Crippen LogP contribution in [0.25, 0.3) is 22.0 Å². The van der Waals surface area contributed by atoms with Gasteiger partial charge in [-0.05, 0) is 42.0 Å². The van der Waals surface area contributed by atoms with Gasteiger partial charge in [-0.3, -0.25) is 14.3 Å². The van der Waals surface area contributed by atoms with E-state index in [-0.39, 0.29) is 37.2 Å². The molecule has 190 valence electrons. The number of amides is 1. The number of hydrogen-bond donors (Lipinski definition) is 0. The Labute approximate surface area is 217 Å². The molecule has 37 heavy (non-hydrogen) atoms. The molecular formula is C24H21ClN6O5S. The summed E-state index contributed by atoms with van der Waals surface area (Å²) in [5.41, 5.74) is 2.07. The van der Waals surface area contributed by atoms with Gasteiger partial charge in [0.05, 0.1) is 5.52 Å². The van der Waals surface area contributed by atoms with Gasteiger partial charge in [0.15, 0.2) is 5.03 Å². The summed E-state index contributed by atoms with van der Waals surface area (Å²) in [5.74, 6) is -0.437. The van der Waals surface area contributed by atoms with E-state index in [4.69, 9.17) is 16.3 Å². The first kappa shape index (κ1) is 24.8. The van der Waals surface area contributed by atoms with Crippen LogP contribution in [0.3, 0.4) is 0 Å². The molecule has 1 fully saturated rings. The summed E-state index contributed by atoms with van der Waals surface area (Å²) in [4.78, 5) is 38.5. The number of nitrogens with zero attached hydrogens (tertiary/aromatic N) is 6. The highest BCUT2D eigenvalue weighted by Crippen LogP contribution is 2.28. The van der Waals surface area contributed by atoms with E-state index in [2.05, 4.69) is 15.0 Å². The Balaban J connectivity index is 1.26. The van der Waals surface area contributed by atoms with Gasteiger partial charge in [-0.15, -0.1) is 0 Å². The topological polar surface area (TPSA) is 128 Å². The van der Waals surface area contributed by atoms with Crippen LogP contribution in [0.5, 0.6) is 6.01 Å². The molecule has 3 aromatic heterocycles. The molecule has 0 atom stereocenters. The molecule has 0 aliphatic carbocycles. The number of rotatable bonds is 4. The number of piperazine rings is 1. The number of ether oxygens (including phenoxy) is 1. The monoisotopic (exact) mass is 540 g/mol. The third-order valence-electron chi connectivity index (χ3n) is 5.97. The van der Waals surface area contributed by atoms with Crippen molar-refractivity contribution in [3.05, 3.63) is 66.2 Å². The van der Waals surface area contributed by atoms with Gasteiger partial charge < -0.3 is 9.64 Å². The van der Waals surface area contributed by atoms with Crippen LogP contribution in [0.2, 0.25) is 5.02 Å². The number of pyridine rings is 1. The third kappa shape index (κ3) is 4.90. The Morgan fingerprint density at radius 3 is 2.27 bits per heavy atom. The zero-order valence-electron chi connectivity index (χ0n) is 19.6. The Bertz CT molecular complexity index is 1580. The van der Waals surface area contributed by atoms with Gasteiger partial charge in [0.25, 0.3) is 10.0 Å². The third-order valence-corrected chi connectivity index (χ3v) is 8.08. The summed E-state index contributed by atoms with van der Waals surface area (Å²) in [5, 5.41) is 0.828. The number of benzene rings is 1. The lowest BCUT2D eigenvalue weighted by Crippen LogP contribution is -2.51. The molecule has 0 spiro atoms. The Kier molecular flexibility index (Phi) is 6.63. The zero-order chi connectivity index (χ0) is 26.2. The first-order chi connectivity index (χ1) is 17.7. The number of fused-ring (bicyclic) bond motifs is 1. The Hall–Kier alpha value is -3.87. The van der Waals surface area contributed by atoms with Gasteiger partial charge in [-0.1, -0.05) is 11.6 Å². The fraction of sp³-hybridized carbons (Fsp3) is 0.208. The molecule has 0 unspecified atom stereocenters. The lowest BCUT2D eigenvalue weighted by Gasteiger charge is -2.33. The molecule has 11 nitrogen and oxygen atoms in total. The van der Waals surface area contributed by atoms with Crippen LogP contribution in [0.1, 0.15) is 11.7 Å². The number of halogens is 1. The minimum absolute atomic E-state index is 0.0272. The molecule has 0 saturated carbocycles. The molecule has 0 N–H and O–H groups in total. The van der Waals surface area contributed by atoms with E-state index in [1.54, 1.807) is 30.6 Å². The summed E-state index contributed by atoms with van der Waals surface area (Å²) in [6, 6.07) is 9.76. The first-order valence-electron chi connectivity index (χ1n) is 11.3. The van der Waals surface area contributed by atoms with Crippen molar-refractivity contribution in [2.24, 2.45) is 0 Å². The number of carbonyl (C=O) groups is 2. The van der Waals surface area contributed by atoms with Gasteiger partial charge in [0, 0.05) is 73.9 Å². The van der Waals surface area contributed by atoms with E-state index in [1.165, 1.54) is 34.6 Å². The highest BCUT2D eigenvalue weighted by Gasteiger charge is 2.34. The number of carbonyl (C=O) groups excluding carboxylic acids is 2. The largest absolute Gasteiger partial charge is 0.417 e. The summed E-state index contributed by atoms with van der Waals surface area (Å²) in [6.07, 6.45) is 5.70. The maximum Gasteiger partial charge on any atom is 0.417 e. The summed E-state index contributed by atoms with van der Waals surface area (Å²) in [6.45, 7) is 1.55. The predicted molar refractivity (Wildman–Crippen MR) is 135 cm³/mol. The second kappa shape index (κ2) is 9.88. The molecule has 5 rings (SSSR count). The minimum atomic E-state index is -4.03. The molecule has 1 aliphatic heterocycles. The number of hydrogen-bond acceptors (Lipinski definition) is 8. The molecular weight excluding hydrogens is 520 g/mol. The quantitative estimate of drug-likeness (QED) is 0.385. The van der Waals surface area contributed by atoms with Gasteiger partial charge in [-0.2, -0.15) is 4.31 Å². The van der Waals surface area contributed by atoms with Gasteiger partial charge >= 0.3 is 12.1 Å². The minimum Gasteiger partial charge on any atom is -0.374 e. The lowest BCUT2D eigenvalue weighted by atomic mass is 10.1. The van der Waals surface area contributed by atoms with Gasteiger partial charge in [-0.25, -0.2) is 23.2 Å². The van der Waals surface area contributed by atoms with Crippen molar-refractivity contribution in [3.8, 4) is 17.1 Å². The predicted octanol–water partition coefficient (Wildman–Crippen LogP) is 3.31. The summed E-state index contributed by atoms with van der Waals surface area (Å²) in [7, 11) is -4.03. The van der Waals surface area contributed by atoms with Gasteiger partial charge in [0.2, 0.25) is 5.91 Å². The maximum atomic E-state index is 13.4. The van der Waals surface area contributed by atoms with Crippen molar-refractivity contribution >= 4 is 44.5 Å². The van der Waals surface area contributed by atoms with Crippen molar-refractivity contribution in [3.63, 3.8) is 0 Å². The van der Waals surface area contributed by atoms with Crippen LogP contribution >= 0.6 is 11.6 Å². The molecule has 4 aromatic rings. The average Bonchev–Trinajstić information content (AvgIpc) is 3.29. The van der Waals surface area contributed by atoms with Crippen LogP contribution in [-0.4, -0.2) is 75.3 Å². The van der Waals surface area contributed by atoms with Crippen molar-refractivity contribution < 1.29 is 22.7 Å². The Morgan fingerprint density at radius 2 is 1.62 bits per heavy atom. The second-order valence-corrected chi connectivity index (χ2v) is 10.6. The van der Waals surface area contributed by atoms with E-state index in [0.29, 0.717) is 15.9 Å². The van der Waals surface area contributed by atoms with E-state index in [9.17, 15) is 18.0 Å². The van der Waals surface area contributed by atoms with Crippen LogP contribution in [-0.2, 0) is 10.0 Å². The smallest absolute Gasteiger partial charge is 0.374 e.